The van der Waals surface area contributed by atoms with Crippen molar-refractivity contribution in [2.24, 2.45) is 0 Å². The summed E-state index contributed by atoms with van der Waals surface area (Å²) in [6, 6.07) is 0. The molecule has 1 aliphatic heterocycles. The van der Waals surface area contributed by atoms with Crippen molar-refractivity contribution in [3.63, 3.8) is 0 Å². The van der Waals surface area contributed by atoms with Crippen molar-refractivity contribution in [1.29, 1.82) is 0 Å². The quantitative estimate of drug-likeness (QED) is 0.242. The molecule has 0 unspecified atom stereocenters. The van der Waals surface area contributed by atoms with Gasteiger partial charge in [-0.05, 0) is 52.4 Å². The molecule has 1 saturated heterocycles. The molecule has 0 radical (unpaired) electrons. The number of hydrogen-bond acceptors (Lipinski definition) is 5. The molecule has 1 heterocycles. The maximum atomic E-state index is 11.0. The number of aliphatic hydroxyl groups is 1. The molecule has 1 N–H and O–H groups in total. The molecule has 0 amide bonds. The zero-order valence-electron chi connectivity index (χ0n) is 18.6. The van der Waals surface area contributed by atoms with E-state index >= 15 is 0 Å². The lowest BCUT2D eigenvalue weighted by Crippen LogP contribution is -2.34. The molecule has 5 heteroatoms. The highest BCUT2D eigenvalue weighted by Crippen LogP contribution is 2.31. The predicted molar refractivity (Wildman–Crippen MR) is 116 cm³/mol. The number of carbonyl (C=O) groups is 1. The molecule has 0 aliphatic carbocycles. The van der Waals surface area contributed by atoms with Gasteiger partial charge in [-0.15, -0.1) is 0 Å². The molecular formula is C24H40O5. The number of methoxy groups -OCH3 is 1. The van der Waals surface area contributed by atoms with Crippen LogP contribution in [0.2, 0.25) is 0 Å². The van der Waals surface area contributed by atoms with Crippen molar-refractivity contribution >= 4 is 5.97 Å². The number of esters is 1. The summed E-state index contributed by atoms with van der Waals surface area (Å²) in [5, 5.41) is 10.6. The molecule has 1 aliphatic rings. The van der Waals surface area contributed by atoms with E-state index in [1.54, 1.807) is 0 Å². The number of carbonyl (C=O) groups excluding carboxylic acids is 1. The van der Waals surface area contributed by atoms with Crippen molar-refractivity contribution in [2.45, 2.75) is 103 Å². The lowest BCUT2D eigenvalue weighted by atomic mass is 10.0. The highest BCUT2D eigenvalue weighted by molar-refractivity contribution is 5.69. The zero-order chi connectivity index (χ0) is 21.5. The summed E-state index contributed by atoms with van der Waals surface area (Å²) >= 11 is 0. The van der Waals surface area contributed by atoms with Crippen molar-refractivity contribution in [1.82, 2.24) is 0 Å². The fraction of sp³-hybridized carbons (Fsp3) is 0.708. The SMILES string of the molecule is CCCCC/C=C\C[C@@H](O)[C@H]1OC(C)(C)O[C@H]1/C=C\C/C=C\CCCC(=O)OC. The van der Waals surface area contributed by atoms with Crippen LogP contribution in [0.5, 0.6) is 0 Å². The van der Waals surface area contributed by atoms with Crippen LogP contribution in [-0.2, 0) is 19.0 Å². The maximum absolute atomic E-state index is 11.0. The first-order chi connectivity index (χ1) is 13.9. The molecule has 0 saturated carbocycles. The topological polar surface area (TPSA) is 65.0 Å². The van der Waals surface area contributed by atoms with Gasteiger partial charge in [-0.25, -0.2) is 0 Å². The van der Waals surface area contributed by atoms with Crippen LogP contribution < -0.4 is 0 Å². The van der Waals surface area contributed by atoms with Gasteiger partial charge in [-0.3, -0.25) is 4.79 Å². The fourth-order valence-electron chi connectivity index (χ4n) is 3.24. The Morgan fingerprint density at radius 3 is 2.52 bits per heavy atom. The summed E-state index contributed by atoms with van der Waals surface area (Å²) in [7, 11) is 1.41. The van der Waals surface area contributed by atoms with Crippen LogP contribution in [-0.4, -0.2) is 42.3 Å². The monoisotopic (exact) mass is 408 g/mol. The van der Waals surface area contributed by atoms with Crippen molar-refractivity contribution in [3.8, 4) is 0 Å². The van der Waals surface area contributed by atoms with Crippen molar-refractivity contribution < 1.29 is 24.1 Å². The van der Waals surface area contributed by atoms with Crippen LogP contribution in [0.15, 0.2) is 36.5 Å². The first kappa shape index (κ1) is 25.6. The first-order valence-corrected chi connectivity index (χ1v) is 11.0. The average Bonchev–Trinajstić information content (AvgIpc) is 3.00. The summed E-state index contributed by atoms with van der Waals surface area (Å²) in [5.74, 6) is -0.866. The predicted octanol–water partition coefficient (Wildman–Crippen LogP) is 5.24. The van der Waals surface area contributed by atoms with Gasteiger partial charge < -0.3 is 19.3 Å². The molecule has 29 heavy (non-hydrogen) atoms. The second kappa shape index (κ2) is 14.5. The van der Waals surface area contributed by atoms with Gasteiger partial charge in [0.2, 0.25) is 0 Å². The first-order valence-electron chi connectivity index (χ1n) is 11.0. The molecule has 0 aromatic carbocycles. The van der Waals surface area contributed by atoms with Crippen LogP contribution in [0.1, 0.15) is 78.6 Å². The summed E-state index contributed by atoms with van der Waals surface area (Å²) in [6.45, 7) is 5.95. The molecule has 0 spiro atoms. The maximum Gasteiger partial charge on any atom is 0.305 e. The zero-order valence-corrected chi connectivity index (χ0v) is 18.6. The number of ether oxygens (including phenoxy) is 3. The van der Waals surface area contributed by atoms with Crippen LogP contribution in [0.4, 0.5) is 0 Å². The van der Waals surface area contributed by atoms with E-state index in [9.17, 15) is 9.90 Å². The summed E-state index contributed by atoms with van der Waals surface area (Å²) < 4.78 is 16.5. The third-order valence-electron chi connectivity index (χ3n) is 4.81. The molecule has 3 atom stereocenters. The highest BCUT2D eigenvalue weighted by Gasteiger charge is 2.43. The molecule has 0 aromatic heterocycles. The summed E-state index contributed by atoms with van der Waals surface area (Å²) in [6.07, 6.45) is 19.3. The molecule has 166 valence electrons. The van der Waals surface area contributed by atoms with E-state index in [1.165, 1.54) is 26.4 Å². The van der Waals surface area contributed by atoms with Gasteiger partial charge in [-0.2, -0.15) is 0 Å². The Balaban J connectivity index is 2.40. The molecular weight excluding hydrogens is 368 g/mol. The number of allylic oxidation sites excluding steroid dienone is 4. The van der Waals surface area contributed by atoms with Crippen LogP contribution in [0, 0.1) is 0 Å². The molecule has 1 fully saturated rings. The number of aliphatic hydroxyl groups excluding tert-OH is 1. The number of hydrogen-bond donors (Lipinski definition) is 1. The van der Waals surface area contributed by atoms with Gasteiger partial charge in [0.25, 0.3) is 0 Å². The lowest BCUT2D eigenvalue weighted by Gasteiger charge is -2.20. The number of rotatable bonds is 14. The van der Waals surface area contributed by atoms with Crippen LogP contribution in [0.3, 0.4) is 0 Å². The van der Waals surface area contributed by atoms with E-state index < -0.39 is 11.9 Å². The van der Waals surface area contributed by atoms with Crippen LogP contribution >= 0.6 is 0 Å². The van der Waals surface area contributed by atoms with Crippen LogP contribution in [0.25, 0.3) is 0 Å². The van der Waals surface area contributed by atoms with E-state index in [-0.39, 0.29) is 18.2 Å². The lowest BCUT2D eigenvalue weighted by molar-refractivity contribution is -0.153. The molecule has 0 aromatic rings. The third-order valence-corrected chi connectivity index (χ3v) is 4.81. The minimum Gasteiger partial charge on any atom is -0.469 e. The van der Waals surface area contributed by atoms with Gasteiger partial charge in [0.1, 0.15) is 12.2 Å². The van der Waals surface area contributed by atoms with Crippen molar-refractivity contribution in [3.05, 3.63) is 36.5 Å². The second-order valence-corrected chi connectivity index (χ2v) is 7.94. The van der Waals surface area contributed by atoms with Gasteiger partial charge in [0.15, 0.2) is 5.79 Å². The molecule has 1 rings (SSSR count). The standard InChI is InChI=1S/C24H40O5/c1-5-6-7-8-11-14-17-20(25)23-21(28-24(2,3)29-23)18-15-12-9-10-13-16-19-22(26)27-4/h9-11,14-15,18,20-21,23,25H,5-8,12-13,16-17,19H2,1-4H3/b10-9-,14-11-,18-15-/t20-,21+,23-/m1/s1. The number of unbranched alkanes of at least 4 members (excludes halogenated alkanes) is 4. The van der Waals surface area contributed by atoms with Gasteiger partial charge in [-0.1, -0.05) is 56.2 Å². The Bertz CT molecular complexity index is 535. The van der Waals surface area contributed by atoms with E-state index in [2.05, 4.69) is 29.9 Å². The average molecular weight is 409 g/mol. The minimum atomic E-state index is -0.699. The fourth-order valence-corrected chi connectivity index (χ4v) is 3.24. The normalized spacial score (nSPS) is 22.8. The molecule has 5 nitrogen and oxygen atoms in total. The second-order valence-electron chi connectivity index (χ2n) is 7.94. The minimum absolute atomic E-state index is 0.167. The summed E-state index contributed by atoms with van der Waals surface area (Å²) in [5.41, 5.74) is 0. The van der Waals surface area contributed by atoms with E-state index in [0.29, 0.717) is 12.8 Å². The van der Waals surface area contributed by atoms with E-state index in [4.69, 9.17) is 9.47 Å². The third kappa shape index (κ3) is 11.4. The Hall–Kier alpha value is -1.43. The van der Waals surface area contributed by atoms with Crippen molar-refractivity contribution in [2.75, 3.05) is 7.11 Å². The summed E-state index contributed by atoms with van der Waals surface area (Å²) in [4.78, 5) is 11.0. The Morgan fingerprint density at radius 1 is 1.07 bits per heavy atom. The molecule has 0 bridgehead atoms. The Kier molecular flexibility index (Phi) is 12.8. The van der Waals surface area contributed by atoms with E-state index in [1.807, 2.05) is 32.1 Å². The Labute approximate surface area is 176 Å². The van der Waals surface area contributed by atoms with Gasteiger partial charge >= 0.3 is 5.97 Å². The highest BCUT2D eigenvalue weighted by atomic mass is 16.8. The Morgan fingerprint density at radius 2 is 1.79 bits per heavy atom. The largest absolute Gasteiger partial charge is 0.469 e. The van der Waals surface area contributed by atoms with Gasteiger partial charge in [0.05, 0.1) is 13.2 Å². The van der Waals surface area contributed by atoms with E-state index in [0.717, 1.165) is 25.7 Å². The van der Waals surface area contributed by atoms with Gasteiger partial charge in [0, 0.05) is 6.42 Å². The smallest absolute Gasteiger partial charge is 0.305 e.